The fourth-order valence-corrected chi connectivity index (χ4v) is 1.52. The maximum atomic E-state index is 5.58. The molecule has 0 spiro atoms. The van der Waals surface area contributed by atoms with Crippen LogP contribution in [-0.4, -0.2) is 6.61 Å². The minimum Gasteiger partial charge on any atom is -0.496 e. The highest BCUT2D eigenvalue weighted by atomic mass is 35.5. The summed E-state index contributed by atoms with van der Waals surface area (Å²) in [6, 6.07) is 0. The summed E-state index contributed by atoms with van der Waals surface area (Å²) in [4.78, 5) is 0. The van der Waals surface area contributed by atoms with Gasteiger partial charge in [-0.15, -0.1) is 0 Å². The van der Waals surface area contributed by atoms with Gasteiger partial charge >= 0.3 is 0 Å². The third-order valence-electron chi connectivity index (χ3n) is 2.39. The topological polar surface area (TPSA) is 9.23 Å². The summed E-state index contributed by atoms with van der Waals surface area (Å²) >= 11 is 5.58. The molecule has 58 valence electrons. The predicted octanol–water partition coefficient (Wildman–Crippen LogP) is 2.90. The second-order valence-electron chi connectivity index (χ2n) is 2.99. The molecule has 1 atom stereocenters. The maximum Gasteiger partial charge on any atom is 0.113 e. The Hall–Kier alpha value is -0.170. The lowest BCUT2D eigenvalue weighted by Gasteiger charge is -2.19. The van der Waals surface area contributed by atoms with Crippen LogP contribution < -0.4 is 0 Å². The molecule has 0 aromatic heterocycles. The normalized spacial score (nSPS) is 36.5. The van der Waals surface area contributed by atoms with Gasteiger partial charge in [0.2, 0.25) is 0 Å². The quantitative estimate of drug-likeness (QED) is 0.573. The van der Waals surface area contributed by atoms with Gasteiger partial charge in [0, 0.05) is 11.0 Å². The smallest absolute Gasteiger partial charge is 0.113 e. The molecule has 1 fully saturated rings. The van der Waals surface area contributed by atoms with E-state index in [1.807, 2.05) is 0 Å². The Balaban J connectivity index is 2.75. The number of allylic oxidation sites excluding steroid dienone is 1. The van der Waals surface area contributed by atoms with E-state index in [-0.39, 0.29) is 5.41 Å². The van der Waals surface area contributed by atoms with E-state index in [4.69, 9.17) is 16.3 Å². The van der Waals surface area contributed by atoms with E-state index in [1.165, 1.54) is 0 Å². The number of hydrogen-bond donors (Lipinski definition) is 0. The van der Waals surface area contributed by atoms with Gasteiger partial charge in [-0.2, -0.15) is 0 Å². The first kappa shape index (κ1) is 7.93. The van der Waals surface area contributed by atoms with Gasteiger partial charge in [0.15, 0.2) is 0 Å². The first-order valence-electron chi connectivity index (χ1n) is 3.66. The predicted molar refractivity (Wildman–Crippen MR) is 42.9 cm³/mol. The summed E-state index contributed by atoms with van der Waals surface area (Å²) in [6.07, 6.45) is 2.20. The van der Waals surface area contributed by atoms with E-state index < -0.39 is 0 Å². The lowest BCUT2D eigenvalue weighted by Crippen LogP contribution is -2.11. The van der Waals surface area contributed by atoms with Crippen molar-refractivity contribution in [3.63, 3.8) is 0 Å². The molecule has 10 heavy (non-hydrogen) atoms. The first-order valence-corrected chi connectivity index (χ1v) is 4.10. The second-order valence-corrected chi connectivity index (χ2v) is 3.20. The van der Waals surface area contributed by atoms with Crippen LogP contribution in [-0.2, 0) is 4.74 Å². The van der Waals surface area contributed by atoms with Crippen LogP contribution in [0.1, 0.15) is 26.7 Å². The second kappa shape index (κ2) is 2.83. The molecule has 0 aliphatic carbocycles. The molecular formula is C8H13ClO. The molecule has 1 unspecified atom stereocenters. The Morgan fingerprint density at radius 3 is 2.90 bits per heavy atom. The van der Waals surface area contributed by atoms with E-state index >= 15 is 0 Å². The Morgan fingerprint density at radius 2 is 2.50 bits per heavy atom. The summed E-state index contributed by atoms with van der Waals surface area (Å²) in [5.41, 5.74) is 1.78. The molecule has 0 amide bonds. The first-order chi connectivity index (χ1) is 4.73. The van der Waals surface area contributed by atoms with E-state index in [1.54, 1.807) is 5.54 Å². The van der Waals surface area contributed by atoms with Gasteiger partial charge in [-0.25, -0.2) is 0 Å². The summed E-state index contributed by atoms with van der Waals surface area (Å²) in [7, 11) is 0. The standard InChI is InChI=1S/C8H13ClO/c1-3-8(2)4-5-10-7(8)6-9/h6H,3-5H2,1-2H3/b7-6+. The summed E-state index contributed by atoms with van der Waals surface area (Å²) in [5, 5.41) is 0. The zero-order valence-electron chi connectivity index (χ0n) is 6.48. The minimum atomic E-state index is 0.210. The van der Waals surface area contributed by atoms with Crippen LogP contribution in [0.4, 0.5) is 0 Å². The highest BCUT2D eigenvalue weighted by Gasteiger charge is 2.33. The van der Waals surface area contributed by atoms with Crippen molar-refractivity contribution in [2.45, 2.75) is 26.7 Å². The van der Waals surface area contributed by atoms with Crippen molar-refractivity contribution in [2.24, 2.45) is 5.41 Å². The third kappa shape index (κ3) is 1.15. The van der Waals surface area contributed by atoms with Crippen LogP contribution >= 0.6 is 11.6 Å². The van der Waals surface area contributed by atoms with Crippen LogP contribution in [0.5, 0.6) is 0 Å². The summed E-state index contributed by atoms with van der Waals surface area (Å²) < 4.78 is 5.34. The molecule has 1 aliphatic rings. The van der Waals surface area contributed by atoms with Gasteiger partial charge in [0.25, 0.3) is 0 Å². The van der Waals surface area contributed by atoms with Crippen LogP contribution in [0.2, 0.25) is 0 Å². The molecule has 1 saturated heterocycles. The zero-order chi connectivity index (χ0) is 7.61. The molecule has 1 aliphatic heterocycles. The average molecular weight is 161 g/mol. The number of ether oxygens (including phenoxy) is 1. The Kier molecular flexibility index (Phi) is 2.24. The van der Waals surface area contributed by atoms with Gasteiger partial charge < -0.3 is 4.74 Å². The summed E-state index contributed by atoms with van der Waals surface area (Å²) in [5.74, 6) is 0.955. The molecule has 0 aromatic carbocycles. The molecule has 0 aromatic rings. The molecule has 1 rings (SSSR count). The van der Waals surface area contributed by atoms with Crippen LogP contribution in [0.15, 0.2) is 11.3 Å². The van der Waals surface area contributed by atoms with Crippen molar-refractivity contribution in [3.8, 4) is 0 Å². The van der Waals surface area contributed by atoms with E-state index in [0.29, 0.717) is 0 Å². The molecule has 0 saturated carbocycles. The number of rotatable bonds is 1. The van der Waals surface area contributed by atoms with Gasteiger partial charge in [0.05, 0.1) is 6.61 Å². The van der Waals surface area contributed by atoms with Crippen molar-refractivity contribution in [1.29, 1.82) is 0 Å². The van der Waals surface area contributed by atoms with Crippen molar-refractivity contribution in [3.05, 3.63) is 11.3 Å². The van der Waals surface area contributed by atoms with Crippen LogP contribution in [0.25, 0.3) is 0 Å². The minimum absolute atomic E-state index is 0.210. The van der Waals surface area contributed by atoms with Crippen molar-refractivity contribution < 1.29 is 4.74 Å². The lowest BCUT2D eigenvalue weighted by molar-refractivity contribution is 0.245. The Labute approximate surface area is 67.0 Å². The average Bonchev–Trinajstić information content (AvgIpc) is 2.32. The fraction of sp³-hybridized carbons (Fsp3) is 0.750. The highest BCUT2D eigenvalue weighted by Crippen LogP contribution is 2.40. The van der Waals surface area contributed by atoms with Crippen molar-refractivity contribution in [2.75, 3.05) is 6.61 Å². The van der Waals surface area contributed by atoms with E-state index in [9.17, 15) is 0 Å². The monoisotopic (exact) mass is 160 g/mol. The Bertz CT molecular complexity index is 153. The van der Waals surface area contributed by atoms with Crippen LogP contribution in [0, 0.1) is 5.41 Å². The largest absolute Gasteiger partial charge is 0.496 e. The molecule has 1 heterocycles. The Morgan fingerprint density at radius 1 is 1.80 bits per heavy atom. The van der Waals surface area contributed by atoms with Gasteiger partial charge in [-0.1, -0.05) is 25.4 Å². The van der Waals surface area contributed by atoms with Crippen molar-refractivity contribution >= 4 is 11.6 Å². The van der Waals surface area contributed by atoms with Crippen molar-refractivity contribution in [1.82, 2.24) is 0 Å². The van der Waals surface area contributed by atoms with Gasteiger partial charge in [0.1, 0.15) is 5.76 Å². The SMILES string of the molecule is CCC1(C)CCO/C1=C/Cl. The van der Waals surface area contributed by atoms with E-state index in [0.717, 1.165) is 25.2 Å². The highest BCUT2D eigenvalue weighted by molar-refractivity contribution is 6.25. The third-order valence-corrected chi connectivity index (χ3v) is 2.58. The lowest BCUT2D eigenvalue weighted by atomic mass is 9.85. The molecule has 0 N–H and O–H groups in total. The van der Waals surface area contributed by atoms with Gasteiger partial charge in [-0.3, -0.25) is 0 Å². The molecule has 2 heteroatoms. The fourth-order valence-electron chi connectivity index (χ4n) is 1.20. The molecule has 0 bridgehead atoms. The number of hydrogen-bond acceptors (Lipinski definition) is 1. The molecular weight excluding hydrogens is 148 g/mol. The number of halogens is 1. The summed E-state index contributed by atoms with van der Waals surface area (Å²) in [6.45, 7) is 5.17. The molecule has 0 radical (unpaired) electrons. The van der Waals surface area contributed by atoms with Crippen LogP contribution in [0.3, 0.4) is 0 Å². The maximum absolute atomic E-state index is 5.58. The van der Waals surface area contributed by atoms with E-state index in [2.05, 4.69) is 13.8 Å². The van der Waals surface area contributed by atoms with Gasteiger partial charge in [-0.05, 0) is 12.8 Å². The molecule has 1 nitrogen and oxygen atoms in total. The zero-order valence-corrected chi connectivity index (χ0v) is 7.24.